The lowest BCUT2D eigenvalue weighted by Crippen LogP contribution is -2.34. The molecular weight excluding hydrogens is 435 g/mol. The molecule has 178 valence electrons. The van der Waals surface area contributed by atoms with Crippen LogP contribution < -0.4 is 10.1 Å². The maximum absolute atomic E-state index is 14.4. The summed E-state index contributed by atoms with van der Waals surface area (Å²) in [7, 11) is 3.37. The summed E-state index contributed by atoms with van der Waals surface area (Å²) in [6.07, 6.45) is 7.04. The lowest BCUT2D eigenvalue weighted by atomic mass is 10.00. The smallest absolute Gasteiger partial charge is 0.230 e. The quantitative estimate of drug-likeness (QED) is 0.601. The third kappa shape index (κ3) is 3.99. The van der Waals surface area contributed by atoms with Crippen LogP contribution >= 0.6 is 0 Å². The van der Waals surface area contributed by atoms with E-state index in [0.717, 1.165) is 41.7 Å². The molecular formula is C25H29FN6O2. The number of rotatable bonds is 6. The molecule has 0 bridgehead atoms. The molecule has 3 aromatic heterocycles. The van der Waals surface area contributed by atoms with Gasteiger partial charge in [0.15, 0.2) is 0 Å². The summed E-state index contributed by atoms with van der Waals surface area (Å²) >= 11 is 0. The van der Waals surface area contributed by atoms with Crippen LogP contribution in [0.25, 0.3) is 11.1 Å². The summed E-state index contributed by atoms with van der Waals surface area (Å²) in [5, 5.41) is 7.83. The summed E-state index contributed by atoms with van der Waals surface area (Å²) in [6.45, 7) is 4.97. The van der Waals surface area contributed by atoms with Gasteiger partial charge < -0.3 is 15.0 Å². The zero-order valence-corrected chi connectivity index (χ0v) is 19.9. The van der Waals surface area contributed by atoms with Gasteiger partial charge in [-0.05, 0) is 38.8 Å². The molecule has 1 aliphatic heterocycles. The van der Waals surface area contributed by atoms with Crippen molar-refractivity contribution in [3.8, 4) is 17.0 Å². The molecule has 0 aromatic carbocycles. The molecule has 1 spiro atoms. The number of aryl methyl sites for hydroxylation is 2. The Kier molecular flexibility index (Phi) is 5.50. The van der Waals surface area contributed by atoms with Crippen LogP contribution in [-0.4, -0.2) is 56.8 Å². The Morgan fingerprint density at radius 3 is 2.76 bits per heavy atom. The first-order chi connectivity index (χ1) is 16.3. The average molecular weight is 465 g/mol. The highest BCUT2D eigenvalue weighted by molar-refractivity contribution is 5.84. The predicted molar refractivity (Wildman–Crippen MR) is 126 cm³/mol. The third-order valence-electron chi connectivity index (χ3n) is 7.18. The summed E-state index contributed by atoms with van der Waals surface area (Å²) in [5.41, 5.74) is 3.36. The number of likely N-dealkylation sites (tertiary alicyclic amines) is 1. The van der Waals surface area contributed by atoms with E-state index in [1.807, 2.05) is 37.3 Å². The molecule has 1 saturated carbocycles. The molecule has 1 unspecified atom stereocenters. The maximum atomic E-state index is 14.4. The minimum absolute atomic E-state index is 0.0570. The molecule has 2 atom stereocenters. The van der Waals surface area contributed by atoms with Gasteiger partial charge >= 0.3 is 0 Å². The van der Waals surface area contributed by atoms with E-state index >= 15 is 0 Å². The number of amides is 1. The van der Waals surface area contributed by atoms with Gasteiger partial charge in [-0.15, -0.1) is 0 Å². The normalized spacial score (nSPS) is 19.3. The van der Waals surface area contributed by atoms with Crippen LogP contribution in [0.15, 0.2) is 36.8 Å². The van der Waals surface area contributed by atoms with Crippen molar-refractivity contribution >= 4 is 11.7 Å². The largest absolute Gasteiger partial charge is 0.481 e. The van der Waals surface area contributed by atoms with Crippen molar-refractivity contribution < 1.29 is 13.9 Å². The molecule has 5 rings (SSSR count). The number of nitrogens with one attached hydrogen (secondary N) is 1. The van der Waals surface area contributed by atoms with Crippen LogP contribution in [0, 0.1) is 18.2 Å². The minimum atomic E-state index is -0.620. The van der Waals surface area contributed by atoms with Gasteiger partial charge in [0, 0.05) is 60.2 Å². The molecule has 0 radical (unpaired) electrons. The van der Waals surface area contributed by atoms with Crippen LogP contribution in [-0.2, 0) is 11.8 Å². The van der Waals surface area contributed by atoms with Gasteiger partial charge in [-0.3, -0.25) is 9.48 Å². The van der Waals surface area contributed by atoms with E-state index < -0.39 is 11.7 Å². The highest BCUT2D eigenvalue weighted by atomic mass is 19.1. The number of aromatic nitrogens is 4. The Balaban J connectivity index is 1.31. The number of carbonyl (C=O) groups is 1. The number of halogens is 1. The molecule has 8 nitrogen and oxygen atoms in total. The van der Waals surface area contributed by atoms with E-state index in [1.165, 1.54) is 13.2 Å². The third-order valence-corrected chi connectivity index (χ3v) is 7.18. The van der Waals surface area contributed by atoms with E-state index in [2.05, 4.69) is 21.5 Å². The highest BCUT2D eigenvalue weighted by Gasteiger charge is 2.56. The first kappa shape index (κ1) is 22.3. The van der Waals surface area contributed by atoms with Crippen LogP contribution in [0.2, 0.25) is 0 Å². The SMILES string of the molecule is COc1cc(C(C)C(=O)N2C[C@@H](Nc3ccc(-c4cnn(C)c4)c(C)n3)C3(CC3)C2)c(F)cn1. The molecule has 1 aliphatic carbocycles. The molecule has 9 heteroatoms. The fraction of sp³-hybridized carbons (Fsp3) is 0.440. The second-order valence-corrected chi connectivity index (χ2v) is 9.48. The first-order valence-electron chi connectivity index (χ1n) is 11.5. The summed E-state index contributed by atoms with van der Waals surface area (Å²) in [6, 6.07) is 5.65. The van der Waals surface area contributed by atoms with Crippen LogP contribution in [0.3, 0.4) is 0 Å². The summed E-state index contributed by atoms with van der Waals surface area (Å²) < 4.78 is 21.3. The van der Waals surface area contributed by atoms with Crippen molar-refractivity contribution in [2.24, 2.45) is 12.5 Å². The van der Waals surface area contributed by atoms with E-state index in [9.17, 15) is 9.18 Å². The van der Waals surface area contributed by atoms with Crippen molar-refractivity contribution in [1.82, 2.24) is 24.6 Å². The number of pyridine rings is 2. The topological polar surface area (TPSA) is 85.2 Å². The zero-order valence-electron chi connectivity index (χ0n) is 19.9. The monoisotopic (exact) mass is 464 g/mol. The minimum Gasteiger partial charge on any atom is -0.481 e. The van der Waals surface area contributed by atoms with Gasteiger partial charge in [-0.2, -0.15) is 5.10 Å². The fourth-order valence-electron chi connectivity index (χ4n) is 4.97. The molecule has 3 aromatic rings. The highest BCUT2D eigenvalue weighted by Crippen LogP contribution is 2.54. The molecule has 1 saturated heterocycles. The lowest BCUT2D eigenvalue weighted by molar-refractivity contribution is -0.131. The van der Waals surface area contributed by atoms with Crippen molar-refractivity contribution in [3.05, 3.63) is 53.9 Å². The Labute approximate surface area is 198 Å². The second-order valence-electron chi connectivity index (χ2n) is 9.48. The van der Waals surface area contributed by atoms with Crippen molar-refractivity contribution in [1.29, 1.82) is 0 Å². The van der Waals surface area contributed by atoms with Gasteiger partial charge in [-0.1, -0.05) is 0 Å². The number of carbonyl (C=O) groups excluding carboxylic acids is 1. The number of methoxy groups -OCH3 is 1. The maximum Gasteiger partial charge on any atom is 0.230 e. The van der Waals surface area contributed by atoms with Crippen molar-refractivity contribution in [3.63, 3.8) is 0 Å². The van der Waals surface area contributed by atoms with Crippen molar-refractivity contribution in [2.75, 3.05) is 25.5 Å². The second kappa shape index (κ2) is 8.38. The Hall–Kier alpha value is -3.49. The van der Waals surface area contributed by atoms with E-state index in [4.69, 9.17) is 9.72 Å². The van der Waals surface area contributed by atoms with E-state index in [0.29, 0.717) is 24.5 Å². The standard InChI is InChI=1S/C25H29FN6O2/c1-15(19-9-23(34-4)27-11-20(19)26)24(33)32-13-21(25(14-32)7-8-25)30-22-6-5-18(16(2)29-22)17-10-28-31(3)12-17/h5-6,9-12,15,21H,7-8,13-14H2,1-4H3,(H,29,30)/t15?,21-/m1/s1. The molecule has 2 fully saturated rings. The summed E-state index contributed by atoms with van der Waals surface area (Å²) in [4.78, 5) is 23.8. The number of ether oxygens (including phenoxy) is 1. The fourth-order valence-corrected chi connectivity index (χ4v) is 4.97. The molecule has 34 heavy (non-hydrogen) atoms. The van der Waals surface area contributed by atoms with E-state index in [1.54, 1.807) is 11.6 Å². The Morgan fingerprint density at radius 2 is 2.12 bits per heavy atom. The number of anilines is 1. The van der Waals surface area contributed by atoms with Gasteiger partial charge in [0.25, 0.3) is 0 Å². The zero-order chi connectivity index (χ0) is 24.0. The lowest BCUT2D eigenvalue weighted by Gasteiger charge is -2.22. The number of nitrogens with zero attached hydrogens (tertiary/aromatic N) is 5. The van der Waals surface area contributed by atoms with E-state index in [-0.39, 0.29) is 17.4 Å². The number of hydrogen-bond acceptors (Lipinski definition) is 6. The van der Waals surface area contributed by atoms with Crippen LogP contribution in [0.4, 0.5) is 10.2 Å². The van der Waals surface area contributed by atoms with Crippen LogP contribution in [0.5, 0.6) is 5.88 Å². The van der Waals surface area contributed by atoms with Gasteiger partial charge in [0.05, 0.1) is 31.5 Å². The molecule has 2 aliphatic rings. The first-order valence-corrected chi connectivity index (χ1v) is 11.5. The van der Waals surface area contributed by atoms with Crippen LogP contribution in [0.1, 0.15) is 36.9 Å². The molecule has 4 heterocycles. The number of hydrogen-bond donors (Lipinski definition) is 1. The predicted octanol–water partition coefficient (Wildman–Crippen LogP) is 3.54. The van der Waals surface area contributed by atoms with Gasteiger partial charge in [0.2, 0.25) is 11.8 Å². The molecule has 1 amide bonds. The average Bonchev–Trinajstić information content (AvgIpc) is 3.34. The Morgan fingerprint density at radius 1 is 1.32 bits per heavy atom. The summed E-state index contributed by atoms with van der Waals surface area (Å²) in [5.74, 6) is -0.102. The Bertz CT molecular complexity index is 1240. The van der Waals surface area contributed by atoms with Crippen molar-refractivity contribution in [2.45, 2.75) is 38.6 Å². The van der Waals surface area contributed by atoms with Gasteiger partial charge in [0.1, 0.15) is 11.6 Å². The van der Waals surface area contributed by atoms with Gasteiger partial charge in [-0.25, -0.2) is 14.4 Å². The molecule has 1 N–H and O–H groups in total.